The molecule has 88 valence electrons. The van der Waals surface area contributed by atoms with Gasteiger partial charge in [0.2, 0.25) is 6.79 Å². The number of ether oxygens (including phenoxy) is 3. The van der Waals surface area contributed by atoms with E-state index in [2.05, 4.69) is 12.2 Å². The SMILES string of the molecule is CCCOc1cc2c(cc1CNC)OCO2. The summed E-state index contributed by atoms with van der Waals surface area (Å²) in [5.74, 6) is 2.44. The van der Waals surface area contributed by atoms with Crippen molar-refractivity contribution < 1.29 is 14.2 Å². The van der Waals surface area contributed by atoms with Crippen molar-refractivity contribution in [3.63, 3.8) is 0 Å². The number of nitrogens with one attached hydrogen (secondary N) is 1. The van der Waals surface area contributed by atoms with Crippen molar-refractivity contribution in [1.29, 1.82) is 0 Å². The van der Waals surface area contributed by atoms with E-state index in [4.69, 9.17) is 14.2 Å². The van der Waals surface area contributed by atoms with Gasteiger partial charge in [-0.3, -0.25) is 0 Å². The van der Waals surface area contributed by atoms with Gasteiger partial charge in [0.15, 0.2) is 11.5 Å². The molecule has 0 radical (unpaired) electrons. The lowest BCUT2D eigenvalue weighted by Gasteiger charge is -2.11. The minimum atomic E-state index is 0.297. The zero-order chi connectivity index (χ0) is 11.4. The van der Waals surface area contributed by atoms with E-state index in [1.54, 1.807) is 0 Å². The van der Waals surface area contributed by atoms with Gasteiger partial charge in [0.05, 0.1) is 6.61 Å². The maximum absolute atomic E-state index is 5.69. The summed E-state index contributed by atoms with van der Waals surface area (Å²) in [5.41, 5.74) is 1.10. The van der Waals surface area contributed by atoms with Crippen LogP contribution in [0.1, 0.15) is 18.9 Å². The van der Waals surface area contributed by atoms with Crippen molar-refractivity contribution in [2.24, 2.45) is 0 Å². The van der Waals surface area contributed by atoms with E-state index in [-0.39, 0.29) is 0 Å². The molecule has 0 amide bonds. The molecule has 0 unspecified atom stereocenters. The number of rotatable bonds is 5. The van der Waals surface area contributed by atoms with Crippen LogP contribution in [0.2, 0.25) is 0 Å². The van der Waals surface area contributed by atoms with E-state index < -0.39 is 0 Å². The highest BCUT2D eigenvalue weighted by Gasteiger charge is 2.17. The molecular weight excluding hydrogens is 206 g/mol. The molecule has 0 fully saturated rings. The Balaban J connectivity index is 2.25. The van der Waals surface area contributed by atoms with Crippen LogP contribution in [-0.4, -0.2) is 20.4 Å². The van der Waals surface area contributed by atoms with Gasteiger partial charge in [-0.15, -0.1) is 0 Å². The summed E-state index contributed by atoms with van der Waals surface area (Å²) in [6.45, 7) is 3.86. The number of fused-ring (bicyclic) bond motifs is 1. The van der Waals surface area contributed by atoms with Gasteiger partial charge < -0.3 is 19.5 Å². The predicted molar refractivity (Wildman–Crippen MR) is 61.1 cm³/mol. The Hall–Kier alpha value is -1.42. The Labute approximate surface area is 95.5 Å². The summed E-state index contributed by atoms with van der Waals surface area (Å²) in [4.78, 5) is 0. The van der Waals surface area contributed by atoms with Gasteiger partial charge in [0.25, 0.3) is 0 Å². The Morgan fingerprint density at radius 3 is 2.75 bits per heavy atom. The average Bonchev–Trinajstić information content (AvgIpc) is 2.73. The Morgan fingerprint density at radius 2 is 2.06 bits per heavy atom. The van der Waals surface area contributed by atoms with Crippen LogP contribution in [0.3, 0.4) is 0 Å². The monoisotopic (exact) mass is 223 g/mol. The summed E-state index contributed by atoms with van der Waals surface area (Å²) in [5, 5.41) is 3.12. The van der Waals surface area contributed by atoms with Crippen molar-refractivity contribution in [1.82, 2.24) is 5.32 Å². The van der Waals surface area contributed by atoms with E-state index in [0.717, 1.165) is 42.4 Å². The second-order valence-corrected chi connectivity index (χ2v) is 3.69. The van der Waals surface area contributed by atoms with Gasteiger partial charge in [-0.2, -0.15) is 0 Å². The van der Waals surface area contributed by atoms with E-state index in [9.17, 15) is 0 Å². The Morgan fingerprint density at radius 1 is 1.31 bits per heavy atom. The quantitative estimate of drug-likeness (QED) is 0.828. The Kier molecular flexibility index (Phi) is 3.51. The van der Waals surface area contributed by atoms with Crippen LogP contribution in [0.4, 0.5) is 0 Å². The highest BCUT2D eigenvalue weighted by Crippen LogP contribution is 2.38. The third-order valence-corrected chi connectivity index (χ3v) is 2.38. The average molecular weight is 223 g/mol. The fourth-order valence-corrected chi connectivity index (χ4v) is 1.64. The first-order chi connectivity index (χ1) is 7.85. The molecular formula is C12H17NO3. The lowest BCUT2D eigenvalue weighted by atomic mass is 10.1. The van der Waals surface area contributed by atoms with Crippen molar-refractivity contribution in [3.05, 3.63) is 17.7 Å². The van der Waals surface area contributed by atoms with E-state index >= 15 is 0 Å². The van der Waals surface area contributed by atoms with Crippen molar-refractivity contribution in [2.45, 2.75) is 19.9 Å². The molecule has 0 aliphatic carbocycles. The first kappa shape index (κ1) is 11.1. The second kappa shape index (κ2) is 5.07. The largest absolute Gasteiger partial charge is 0.493 e. The van der Waals surface area contributed by atoms with Gasteiger partial charge in [-0.1, -0.05) is 6.92 Å². The summed E-state index contributed by atoms with van der Waals surface area (Å²) in [6.07, 6.45) is 0.993. The topological polar surface area (TPSA) is 39.7 Å². The summed E-state index contributed by atoms with van der Waals surface area (Å²) in [6, 6.07) is 3.88. The lowest BCUT2D eigenvalue weighted by Crippen LogP contribution is -2.08. The van der Waals surface area contributed by atoms with Crippen molar-refractivity contribution >= 4 is 0 Å². The molecule has 0 spiro atoms. The molecule has 1 aromatic carbocycles. The van der Waals surface area contributed by atoms with Crippen LogP contribution >= 0.6 is 0 Å². The molecule has 1 N–H and O–H groups in total. The Bertz CT molecular complexity index is 366. The molecule has 0 saturated carbocycles. The smallest absolute Gasteiger partial charge is 0.231 e. The second-order valence-electron chi connectivity index (χ2n) is 3.69. The summed E-state index contributed by atoms with van der Waals surface area (Å²) < 4.78 is 16.4. The molecule has 2 rings (SSSR count). The fraction of sp³-hybridized carbons (Fsp3) is 0.500. The van der Waals surface area contributed by atoms with E-state index in [1.807, 2.05) is 19.2 Å². The molecule has 0 saturated heterocycles. The molecule has 16 heavy (non-hydrogen) atoms. The lowest BCUT2D eigenvalue weighted by molar-refractivity contribution is 0.173. The van der Waals surface area contributed by atoms with Gasteiger partial charge >= 0.3 is 0 Å². The van der Waals surface area contributed by atoms with E-state index in [0.29, 0.717) is 6.79 Å². The van der Waals surface area contributed by atoms with Crippen molar-refractivity contribution in [2.75, 3.05) is 20.4 Å². The normalized spacial score (nSPS) is 12.9. The zero-order valence-electron chi connectivity index (χ0n) is 9.71. The fourth-order valence-electron chi connectivity index (χ4n) is 1.64. The van der Waals surface area contributed by atoms with Gasteiger partial charge in [-0.05, 0) is 19.5 Å². The highest BCUT2D eigenvalue weighted by molar-refractivity contribution is 5.51. The van der Waals surface area contributed by atoms with Crippen molar-refractivity contribution in [3.8, 4) is 17.2 Å². The standard InChI is InChI=1S/C12H17NO3/c1-3-4-14-10-6-12-11(15-8-16-12)5-9(10)7-13-2/h5-6,13H,3-4,7-8H2,1-2H3. The minimum absolute atomic E-state index is 0.297. The van der Waals surface area contributed by atoms with Crippen LogP contribution < -0.4 is 19.5 Å². The number of hydrogen-bond donors (Lipinski definition) is 1. The molecule has 1 aliphatic rings. The van der Waals surface area contributed by atoms with E-state index in [1.165, 1.54) is 0 Å². The third kappa shape index (κ3) is 2.22. The molecule has 0 aromatic heterocycles. The summed E-state index contributed by atoms with van der Waals surface area (Å²) in [7, 11) is 1.91. The minimum Gasteiger partial charge on any atom is -0.493 e. The van der Waals surface area contributed by atoms with Gasteiger partial charge in [0, 0.05) is 18.2 Å². The number of benzene rings is 1. The molecule has 1 heterocycles. The molecule has 1 aliphatic heterocycles. The first-order valence-electron chi connectivity index (χ1n) is 5.55. The number of hydrogen-bond acceptors (Lipinski definition) is 4. The molecule has 0 atom stereocenters. The summed E-state index contributed by atoms with van der Waals surface area (Å²) >= 11 is 0. The first-order valence-corrected chi connectivity index (χ1v) is 5.55. The molecule has 4 heteroatoms. The highest BCUT2D eigenvalue weighted by atomic mass is 16.7. The maximum Gasteiger partial charge on any atom is 0.231 e. The van der Waals surface area contributed by atoms with Crippen LogP contribution in [0.25, 0.3) is 0 Å². The maximum atomic E-state index is 5.69. The third-order valence-electron chi connectivity index (χ3n) is 2.38. The van der Waals surface area contributed by atoms with Gasteiger partial charge in [0.1, 0.15) is 5.75 Å². The van der Waals surface area contributed by atoms with Crippen LogP contribution in [0.15, 0.2) is 12.1 Å². The molecule has 0 bridgehead atoms. The van der Waals surface area contributed by atoms with Crippen LogP contribution in [0, 0.1) is 0 Å². The van der Waals surface area contributed by atoms with Crippen LogP contribution in [0.5, 0.6) is 17.2 Å². The molecule has 4 nitrogen and oxygen atoms in total. The van der Waals surface area contributed by atoms with Crippen LogP contribution in [-0.2, 0) is 6.54 Å². The van der Waals surface area contributed by atoms with Gasteiger partial charge in [-0.25, -0.2) is 0 Å². The zero-order valence-corrected chi connectivity index (χ0v) is 9.71. The predicted octanol–water partition coefficient (Wildman–Crippen LogP) is 1.92. The molecule has 1 aromatic rings.